The second-order valence-electron chi connectivity index (χ2n) is 8.63. The molecule has 0 bridgehead atoms. The molecule has 1 aliphatic rings. The van der Waals surface area contributed by atoms with Gasteiger partial charge in [0.05, 0.1) is 12.1 Å². The third-order valence-electron chi connectivity index (χ3n) is 6.06. The molecule has 35 heavy (non-hydrogen) atoms. The van der Waals surface area contributed by atoms with Gasteiger partial charge in [0, 0.05) is 37.4 Å². The van der Waals surface area contributed by atoms with Gasteiger partial charge < -0.3 is 14.6 Å². The number of furan rings is 1. The average Bonchev–Trinajstić information content (AvgIpc) is 3.32. The molecule has 0 atom stereocenters. The maximum Gasteiger partial charge on any atom is 0.416 e. The first-order valence-electron chi connectivity index (χ1n) is 11.3. The maximum absolute atomic E-state index is 13.0. The number of hydrogen-bond donors (Lipinski definition) is 1. The highest BCUT2D eigenvalue weighted by atomic mass is 19.4. The number of nitrogens with zero attached hydrogens (tertiary/aromatic N) is 2. The van der Waals surface area contributed by atoms with Gasteiger partial charge in [-0.2, -0.15) is 13.2 Å². The first kappa shape index (κ1) is 24.5. The van der Waals surface area contributed by atoms with E-state index in [0.29, 0.717) is 26.2 Å². The third-order valence-corrected chi connectivity index (χ3v) is 6.06. The van der Waals surface area contributed by atoms with Crippen molar-refractivity contribution in [1.82, 2.24) is 9.80 Å². The Hall–Kier alpha value is -3.59. The summed E-state index contributed by atoms with van der Waals surface area (Å²) in [5.41, 5.74) is 2.28. The molecular formula is C26H26F3N3O3. The topological polar surface area (TPSA) is 65.8 Å². The van der Waals surface area contributed by atoms with Gasteiger partial charge in [0.15, 0.2) is 5.76 Å². The Morgan fingerprint density at radius 2 is 1.60 bits per heavy atom. The van der Waals surface area contributed by atoms with Gasteiger partial charge in [0.25, 0.3) is 5.91 Å². The molecule has 1 aliphatic heterocycles. The minimum absolute atomic E-state index is 0.0682. The Morgan fingerprint density at radius 3 is 2.26 bits per heavy atom. The van der Waals surface area contributed by atoms with E-state index in [4.69, 9.17) is 4.42 Å². The summed E-state index contributed by atoms with van der Waals surface area (Å²) in [5.74, 6) is -0.179. The van der Waals surface area contributed by atoms with Crippen molar-refractivity contribution in [1.29, 1.82) is 0 Å². The SMILES string of the molecule is Cc1cccc(C)c1NC(=O)CN1CCN(C(=O)c2ccc(-c3cccc(C(F)(F)F)c3)o2)CC1. The quantitative estimate of drug-likeness (QED) is 0.554. The van der Waals surface area contributed by atoms with Crippen LogP contribution in [-0.2, 0) is 11.0 Å². The summed E-state index contributed by atoms with van der Waals surface area (Å²) in [6.45, 7) is 5.97. The van der Waals surface area contributed by atoms with Gasteiger partial charge in [0.2, 0.25) is 5.91 Å². The van der Waals surface area contributed by atoms with Crippen LogP contribution in [0, 0.1) is 13.8 Å². The molecule has 1 fully saturated rings. The number of hydrogen-bond acceptors (Lipinski definition) is 4. The summed E-state index contributed by atoms with van der Waals surface area (Å²) in [7, 11) is 0. The highest BCUT2D eigenvalue weighted by Gasteiger charge is 2.31. The fourth-order valence-corrected chi connectivity index (χ4v) is 4.12. The summed E-state index contributed by atoms with van der Waals surface area (Å²) in [5, 5.41) is 2.97. The van der Waals surface area contributed by atoms with Crippen molar-refractivity contribution in [3.8, 4) is 11.3 Å². The molecule has 1 N–H and O–H groups in total. The molecule has 0 unspecified atom stereocenters. The number of carbonyl (C=O) groups excluding carboxylic acids is 2. The molecule has 9 heteroatoms. The second kappa shape index (κ2) is 9.95. The molecule has 1 saturated heterocycles. The van der Waals surface area contributed by atoms with Crippen LogP contribution in [0.15, 0.2) is 59.0 Å². The van der Waals surface area contributed by atoms with Crippen LogP contribution in [0.25, 0.3) is 11.3 Å². The van der Waals surface area contributed by atoms with Crippen molar-refractivity contribution in [2.75, 3.05) is 38.0 Å². The van der Waals surface area contributed by atoms with Crippen molar-refractivity contribution in [2.45, 2.75) is 20.0 Å². The van der Waals surface area contributed by atoms with Gasteiger partial charge in [-0.3, -0.25) is 14.5 Å². The average molecular weight is 486 g/mol. The third kappa shape index (κ3) is 5.74. The summed E-state index contributed by atoms with van der Waals surface area (Å²) in [6.07, 6.45) is -4.46. The van der Waals surface area contributed by atoms with E-state index >= 15 is 0 Å². The Morgan fingerprint density at radius 1 is 0.943 bits per heavy atom. The fraction of sp³-hybridized carbons (Fsp3) is 0.308. The molecule has 4 rings (SSSR count). The molecule has 0 spiro atoms. The number of aryl methyl sites for hydroxylation is 2. The minimum atomic E-state index is -4.46. The van der Waals surface area contributed by atoms with Gasteiger partial charge in [-0.1, -0.05) is 30.3 Å². The van der Waals surface area contributed by atoms with E-state index in [0.717, 1.165) is 28.9 Å². The fourth-order valence-electron chi connectivity index (χ4n) is 4.12. The van der Waals surface area contributed by atoms with Crippen LogP contribution in [0.2, 0.25) is 0 Å². The highest BCUT2D eigenvalue weighted by Crippen LogP contribution is 2.32. The molecule has 0 aliphatic carbocycles. The van der Waals surface area contributed by atoms with Crippen LogP contribution in [0.5, 0.6) is 0 Å². The standard InChI is InChI=1S/C26H26F3N3O3/c1-17-5-3-6-18(2)24(17)30-23(33)16-31-11-13-32(14-12-31)25(34)22-10-9-21(35-22)19-7-4-8-20(15-19)26(27,28)29/h3-10,15H,11-14,16H2,1-2H3,(H,30,33). The van der Waals surface area contributed by atoms with Crippen molar-refractivity contribution < 1.29 is 27.2 Å². The molecule has 0 saturated carbocycles. The van der Waals surface area contributed by atoms with Crippen LogP contribution in [0.1, 0.15) is 27.2 Å². The Labute approximate surface area is 201 Å². The van der Waals surface area contributed by atoms with Crippen molar-refractivity contribution >= 4 is 17.5 Å². The summed E-state index contributed by atoms with van der Waals surface area (Å²) >= 11 is 0. The Balaban J connectivity index is 1.33. The van der Waals surface area contributed by atoms with E-state index in [9.17, 15) is 22.8 Å². The highest BCUT2D eigenvalue weighted by molar-refractivity contribution is 5.94. The lowest BCUT2D eigenvalue weighted by Gasteiger charge is -2.33. The van der Waals surface area contributed by atoms with Gasteiger partial charge in [-0.25, -0.2) is 0 Å². The van der Waals surface area contributed by atoms with Crippen LogP contribution >= 0.6 is 0 Å². The van der Waals surface area contributed by atoms with Gasteiger partial charge in [0.1, 0.15) is 5.76 Å². The van der Waals surface area contributed by atoms with Crippen LogP contribution < -0.4 is 5.32 Å². The summed E-state index contributed by atoms with van der Waals surface area (Å²) < 4.78 is 44.6. The van der Waals surface area contributed by atoms with Crippen molar-refractivity contribution in [2.24, 2.45) is 0 Å². The number of nitrogens with one attached hydrogen (secondary N) is 1. The lowest BCUT2D eigenvalue weighted by molar-refractivity contribution is -0.137. The van der Waals surface area contributed by atoms with Crippen molar-refractivity contribution in [3.05, 3.63) is 77.0 Å². The van der Waals surface area contributed by atoms with E-state index < -0.39 is 11.7 Å². The number of alkyl halides is 3. The Kier molecular flexibility index (Phi) is 6.98. The van der Waals surface area contributed by atoms with Gasteiger partial charge in [-0.15, -0.1) is 0 Å². The minimum Gasteiger partial charge on any atom is -0.451 e. The molecule has 3 aromatic rings. The number of carbonyl (C=O) groups is 2. The summed E-state index contributed by atoms with van der Waals surface area (Å²) in [6, 6.07) is 13.6. The molecule has 2 amide bonds. The zero-order valence-electron chi connectivity index (χ0n) is 19.5. The molecule has 2 aromatic carbocycles. The predicted molar refractivity (Wildman–Crippen MR) is 126 cm³/mol. The predicted octanol–water partition coefficient (Wildman–Crippen LogP) is 4.98. The van der Waals surface area contributed by atoms with Gasteiger partial charge >= 0.3 is 6.18 Å². The second-order valence-corrected chi connectivity index (χ2v) is 8.63. The monoisotopic (exact) mass is 485 g/mol. The number of piperazine rings is 1. The molecule has 184 valence electrons. The molecule has 6 nitrogen and oxygen atoms in total. The van der Waals surface area contributed by atoms with Crippen molar-refractivity contribution in [3.63, 3.8) is 0 Å². The molecule has 2 heterocycles. The smallest absolute Gasteiger partial charge is 0.416 e. The van der Waals surface area contributed by atoms with Crippen LogP contribution in [0.4, 0.5) is 18.9 Å². The first-order valence-corrected chi connectivity index (χ1v) is 11.3. The normalized spacial score (nSPS) is 14.7. The molecular weight excluding hydrogens is 459 g/mol. The summed E-state index contributed by atoms with van der Waals surface area (Å²) in [4.78, 5) is 29.0. The van der Waals surface area contributed by atoms with E-state index in [1.165, 1.54) is 24.3 Å². The zero-order valence-corrected chi connectivity index (χ0v) is 19.5. The number of para-hydroxylation sites is 1. The number of halogens is 3. The van der Waals surface area contributed by atoms with E-state index in [2.05, 4.69) is 5.32 Å². The van der Waals surface area contributed by atoms with E-state index in [1.807, 2.05) is 36.9 Å². The maximum atomic E-state index is 13.0. The van der Waals surface area contributed by atoms with Gasteiger partial charge in [-0.05, 0) is 49.2 Å². The number of anilines is 1. The van der Waals surface area contributed by atoms with Crippen LogP contribution in [-0.4, -0.2) is 54.3 Å². The lowest BCUT2D eigenvalue weighted by Crippen LogP contribution is -2.50. The number of benzene rings is 2. The lowest BCUT2D eigenvalue weighted by atomic mass is 10.1. The van der Waals surface area contributed by atoms with E-state index in [1.54, 1.807) is 4.90 Å². The largest absolute Gasteiger partial charge is 0.451 e. The first-order chi connectivity index (χ1) is 16.6. The molecule has 0 radical (unpaired) electrons. The Bertz CT molecular complexity index is 1210. The van der Waals surface area contributed by atoms with Crippen LogP contribution in [0.3, 0.4) is 0 Å². The zero-order chi connectivity index (χ0) is 25.2. The number of rotatable bonds is 5. The van der Waals surface area contributed by atoms with E-state index in [-0.39, 0.29) is 35.4 Å². The number of amides is 2. The molecule has 1 aromatic heterocycles.